The summed E-state index contributed by atoms with van der Waals surface area (Å²) in [6, 6.07) is 0. The van der Waals surface area contributed by atoms with E-state index in [0.717, 1.165) is 11.6 Å². The van der Waals surface area contributed by atoms with Crippen LogP contribution in [0.15, 0.2) is 11.6 Å². The molecule has 1 aliphatic rings. The summed E-state index contributed by atoms with van der Waals surface area (Å²) in [5.74, 6) is -0.216. The average molecular weight is 296 g/mol. The Morgan fingerprint density at radius 2 is 2.40 bits per heavy atom. The van der Waals surface area contributed by atoms with Crippen LogP contribution in [0.25, 0.3) is 0 Å². The van der Waals surface area contributed by atoms with Crippen LogP contribution >= 0.6 is 11.3 Å². The number of rotatable bonds is 6. The van der Waals surface area contributed by atoms with Crippen LogP contribution < -0.4 is 5.32 Å². The van der Waals surface area contributed by atoms with Gasteiger partial charge in [-0.05, 0) is 14.1 Å². The lowest BCUT2D eigenvalue weighted by atomic mass is 10.1. The van der Waals surface area contributed by atoms with Gasteiger partial charge < -0.3 is 15.1 Å². The SMILES string of the molecule is CN(C)CCN1CC(C(=O)NCc2nccs2)CC1=O. The largest absolute Gasteiger partial charge is 0.349 e. The molecule has 0 aliphatic carbocycles. The Labute approximate surface area is 122 Å². The quantitative estimate of drug-likeness (QED) is 0.813. The number of hydrogen-bond acceptors (Lipinski definition) is 5. The van der Waals surface area contributed by atoms with Crippen LogP contribution in [0.4, 0.5) is 0 Å². The zero-order valence-corrected chi connectivity index (χ0v) is 12.7. The summed E-state index contributed by atoms with van der Waals surface area (Å²) < 4.78 is 0. The van der Waals surface area contributed by atoms with E-state index in [0.29, 0.717) is 26.1 Å². The number of carbonyl (C=O) groups is 2. The molecule has 1 saturated heterocycles. The third-order valence-electron chi connectivity index (χ3n) is 3.30. The second-order valence-corrected chi connectivity index (χ2v) is 6.17. The molecule has 1 fully saturated rings. The number of likely N-dealkylation sites (N-methyl/N-ethyl adjacent to an activating group) is 1. The maximum Gasteiger partial charge on any atom is 0.225 e. The molecule has 1 atom stereocenters. The fourth-order valence-electron chi connectivity index (χ4n) is 2.13. The van der Waals surface area contributed by atoms with Crippen LogP contribution in [0.2, 0.25) is 0 Å². The number of nitrogens with one attached hydrogen (secondary N) is 1. The molecule has 7 heteroatoms. The minimum Gasteiger partial charge on any atom is -0.349 e. The van der Waals surface area contributed by atoms with E-state index in [-0.39, 0.29) is 17.7 Å². The third kappa shape index (κ3) is 4.01. The van der Waals surface area contributed by atoms with Gasteiger partial charge in [-0.3, -0.25) is 9.59 Å². The molecule has 2 heterocycles. The van der Waals surface area contributed by atoms with Gasteiger partial charge in [-0.25, -0.2) is 4.98 Å². The first-order valence-electron chi connectivity index (χ1n) is 6.65. The molecular formula is C13H20N4O2S. The maximum absolute atomic E-state index is 12.0. The number of thiazole rings is 1. The van der Waals surface area contributed by atoms with E-state index < -0.39 is 0 Å². The van der Waals surface area contributed by atoms with E-state index in [1.54, 1.807) is 11.1 Å². The van der Waals surface area contributed by atoms with Crippen molar-refractivity contribution in [1.29, 1.82) is 0 Å². The lowest BCUT2D eigenvalue weighted by Crippen LogP contribution is -2.35. The molecule has 6 nitrogen and oxygen atoms in total. The smallest absolute Gasteiger partial charge is 0.225 e. The number of hydrogen-bond donors (Lipinski definition) is 1. The Balaban J connectivity index is 1.78. The summed E-state index contributed by atoms with van der Waals surface area (Å²) in [7, 11) is 3.94. The molecular weight excluding hydrogens is 276 g/mol. The maximum atomic E-state index is 12.0. The number of likely N-dealkylation sites (tertiary alicyclic amines) is 1. The van der Waals surface area contributed by atoms with E-state index in [9.17, 15) is 9.59 Å². The third-order valence-corrected chi connectivity index (χ3v) is 4.08. The van der Waals surface area contributed by atoms with Crippen molar-refractivity contribution in [3.8, 4) is 0 Å². The first-order valence-corrected chi connectivity index (χ1v) is 7.53. The van der Waals surface area contributed by atoms with Gasteiger partial charge in [0.25, 0.3) is 0 Å². The van der Waals surface area contributed by atoms with Gasteiger partial charge in [-0.1, -0.05) is 0 Å². The molecule has 1 aromatic rings. The van der Waals surface area contributed by atoms with Crippen LogP contribution in [0.3, 0.4) is 0 Å². The zero-order chi connectivity index (χ0) is 14.5. The van der Waals surface area contributed by atoms with Gasteiger partial charge in [0, 0.05) is 37.6 Å². The lowest BCUT2D eigenvalue weighted by Gasteiger charge is -2.19. The molecule has 2 rings (SSSR count). The summed E-state index contributed by atoms with van der Waals surface area (Å²) >= 11 is 1.51. The van der Waals surface area contributed by atoms with Crippen LogP contribution in [0.1, 0.15) is 11.4 Å². The second-order valence-electron chi connectivity index (χ2n) is 5.19. The van der Waals surface area contributed by atoms with Gasteiger partial charge in [0.15, 0.2) is 0 Å². The van der Waals surface area contributed by atoms with Gasteiger partial charge in [-0.15, -0.1) is 11.3 Å². The van der Waals surface area contributed by atoms with Gasteiger partial charge in [0.05, 0.1) is 12.5 Å². The van der Waals surface area contributed by atoms with Crippen molar-refractivity contribution >= 4 is 23.2 Å². The summed E-state index contributed by atoms with van der Waals surface area (Å²) in [6.07, 6.45) is 2.03. The Kier molecular flexibility index (Phi) is 5.08. The van der Waals surface area contributed by atoms with Crippen LogP contribution in [0, 0.1) is 5.92 Å². The average Bonchev–Trinajstić information content (AvgIpc) is 3.03. The number of carbonyl (C=O) groups excluding carboxylic acids is 2. The van der Waals surface area contributed by atoms with E-state index in [1.165, 1.54) is 11.3 Å². The second kappa shape index (κ2) is 6.81. The van der Waals surface area contributed by atoms with Crippen LogP contribution in [-0.2, 0) is 16.1 Å². The number of amides is 2. The molecule has 1 aliphatic heterocycles. The van der Waals surface area contributed by atoms with E-state index >= 15 is 0 Å². The van der Waals surface area contributed by atoms with Gasteiger partial charge in [0.2, 0.25) is 11.8 Å². The van der Waals surface area contributed by atoms with Crippen molar-refractivity contribution in [1.82, 2.24) is 20.1 Å². The molecule has 110 valence electrons. The highest BCUT2D eigenvalue weighted by atomic mass is 32.1. The van der Waals surface area contributed by atoms with E-state index in [4.69, 9.17) is 0 Å². The van der Waals surface area contributed by atoms with Crippen molar-refractivity contribution in [2.45, 2.75) is 13.0 Å². The standard InChI is InChI=1S/C13H20N4O2S/c1-16(2)4-5-17-9-10(7-12(17)18)13(19)15-8-11-14-3-6-20-11/h3,6,10H,4-5,7-9H2,1-2H3,(H,15,19). The molecule has 1 N–H and O–H groups in total. The first kappa shape index (κ1) is 14.9. The highest BCUT2D eigenvalue weighted by molar-refractivity contribution is 7.09. The monoisotopic (exact) mass is 296 g/mol. The summed E-state index contributed by atoms with van der Waals surface area (Å²) in [5.41, 5.74) is 0. The molecule has 0 spiro atoms. The summed E-state index contributed by atoms with van der Waals surface area (Å²) in [5, 5.41) is 5.61. The topological polar surface area (TPSA) is 65.5 Å². The van der Waals surface area contributed by atoms with Crippen molar-refractivity contribution in [3.63, 3.8) is 0 Å². The molecule has 1 aromatic heterocycles. The fourth-order valence-corrected chi connectivity index (χ4v) is 2.69. The molecule has 2 amide bonds. The lowest BCUT2D eigenvalue weighted by molar-refractivity contribution is -0.129. The highest BCUT2D eigenvalue weighted by Gasteiger charge is 2.33. The molecule has 0 radical (unpaired) electrons. The van der Waals surface area contributed by atoms with Gasteiger partial charge in [0.1, 0.15) is 5.01 Å². The molecule has 1 unspecified atom stereocenters. The summed E-state index contributed by atoms with van der Waals surface area (Å²) in [6.45, 7) is 2.47. The minimum absolute atomic E-state index is 0.0547. The van der Waals surface area contributed by atoms with Crippen molar-refractivity contribution in [2.75, 3.05) is 33.7 Å². The van der Waals surface area contributed by atoms with Crippen LogP contribution in [-0.4, -0.2) is 60.3 Å². The first-order chi connectivity index (χ1) is 9.56. The summed E-state index contributed by atoms with van der Waals surface area (Å²) in [4.78, 5) is 31.8. The molecule has 20 heavy (non-hydrogen) atoms. The number of aromatic nitrogens is 1. The number of nitrogens with zero attached hydrogens (tertiary/aromatic N) is 3. The van der Waals surface area contributed by atoms with E-state index in [2.05, 4.69) is 10.3 Å². The van der Waals surface area contributed by atoms with Gasteiger partial charge in [-0.2, -0.15) is 0 Å². The molecule has 0 saturated carbocycles. The predicted molar refractivity (Wildman–Crippen MR) is 77.2 cm³/mol. The highest BCUT2D eigenvalue weighted by Crippen LogP contribution is 2.18. The zero-order valence-electron chi connectivity index (χ0n) is 11.8. The van der Waals surface area contributed by atoms with E-state index in [1.807, 2.05) is 24.4 Å². The molecule has 0 aromatic carbocycles. The van der Waals surface area contributed by atoms with Crippen molar-refractivity contribution in [2.24, 2.45) is 5.92 Å². The Bertz CT molecular complexity index is 461. The minimum atomic E-state index is -0.232. The Morgan fingerprint density at radius 1 is 1.60 bits per heavy atom. The normalized spacial score (nSPS) is 18.9. The van der Waals surface area contributed by atoms with Gasteiger partial charge >= 0.3 is 0 Å². The van der Waals surface area contributed by atoms with Crippen molar-refractivity contribution < 1.29 is 9.59 Å². The fraction of sp³-hybridized carbons (Fsp3) is 0.615. The van der Waals surface area contributed by atoms with Crippen LogP contribution in [0.5, 0.6) is 0 Å². The Hall–Kier alpha value is -1.47. The predicted octanol–water partition coefficient (Wildman–Crippen LogP) is 0.169. The van der Waals surface area contributed by atoms with Crippen molar-refractivity contribution in [3.05, 3.63) is 16.6 Å². The molecule has 0 bridgehead atoms. The Morgan fingerprint density at radius 3 is 3.05 bits per heavy atom.